The zero-order chi connectivity index (χ0) is 60.1. The second kappa shape index (κ2) is 21.8. The van der Waals surface area contributed by atoms with E-state index in [9.17, 15) is 0 Å². The summed E-state index contributed by atoms with van der Waals surface area (Å²) in [5.74, 6) is 1.79. The molecule has 0 saturated heterocycles. The molecule has 8 nitrogen and oxygen atoms in total. The van der Waals surface area contributed by atoms with Crippen LogP contribution in [0.5, 0.6) is 0 Å². The van der Waals surface area contributed by atoms with E-state index in [0.29, 0.717) is 0 Å². The summed E-state index contributed by atoms with van der Waals surface area (Å²) < 4.78 is 0. The molecule has 8 heterocycles. The summed E-state index contributed by atoms with van der Waals surface area (Å²) in [7, 11) is 0. The number of hydrogen-bond donors (Lipinski definition) is 0. The number of pyridine rings is 4. The van der Waals surface area contributed by atoms with Gasteiger partial charge in [-0.1, -0.05) is 182 Å². The van der Waals surface area contributed by atoms with Gasteiger partial charge < -0.3 is 19.7 Å². The van der Waals surface area contributed by atoms with Crippen LogP contribution in [0.2, 0.25) is 0 Å². The van der Waals surface area contributed by atoms with Crippen LogP contribution in [0.4, 0.5) is 68.5 Å². The van der Waals surface area contributed by atoms with Crippen molar-refractivity contribution in [3.8, 4) is 22.5 Å². The molecule has 0 radical (unpaired) electrons. The van der Waals surface area contributed by atoms with Gasteiger partial charge in [-0.3, -0.25) is 9.88 Å². The van der Waals surface area contributed by atoms with E-state index in [1.165, 1.54) is 61.6 Å². The molecule has 0 spiro atoms. The minimum Gasteiger partial charge on any atom is -0.352 e. The van der Waals surface area contributed by atoms with Gasteiger partial charge in [0.05, 0.1) is 28.4 Å². The Balaban J connectivity index is 0.000000154. The molecule has 4 aromatic heterocycles. The van der Waals surface area contributed by atoms with Crippen molar-refractivity contribution in [1.29, 1.82) is 0 Å². The van der Waals surface area contributed by atoms with Crippen LogP contribution < -0.4 is 19.6 Å². The molecule has 8 aromatic carbocycles. The van der Waals surface area contributed by atoms with Gasteiger partial charge in [-0.2, -0.15) is 6.07 Å². The third-order valence-electron chi connectivity index (χ3n) is 18.8. The summed E-state index contributed by atoms with van der Waals surface area (Å²) >= 11 is 0. The SMILES string of the molecule is CC1(C)c2cc3c([c-]c2N(c2[c-]c(-c4ccccn4)ccc2)c2ccccc21)N(c1ccccn1)c1ccccc1C3(C)C.CC1(C)c2ccccc2N(c2cccc(-c3ccccn3)c2)c2cc3c(cc21)C(C)(C)c1ccccc1N3c1ccccn1.[Pt+2]. The van der Waals surface area contributed by atoms with Crippen molar-refractivity contribution >= 4 is 68.5 Å². The van der Waals surface area contributed by atoms with Crippen molar-refractivity contribution in [2.45, 2.75) is 77.0 Å². The molecule has 0 unspecified atom stereocenters. The van der Waals surface area contributed by atoms with Gasteiger partial charge in [-0.05, 0) is 147 Å². The molecule has 9 heteroatoms. The molecule has 0 saturated carbocycles. The van der Waals surface area contributed by atoms with E-state index >= 15 is 0 Å². The molecular formula is C80H66N8Pt. The molecule has 89 heavy (non-hydrogen) atoms. The van der Waals surface area contributed by atoms with Crippen LogP contribution in [0, 0.1) is 12.1 Å². The molecule has 0 amide bonds. The summed E-state index contributed by atoms with van der Waals surface area (Å²) in [5.41, 5.74) is 24.3. The molecule has 0 fully saturated rings. The minimum atomic E-state index is -0.255. The predicted octanol–water partition coefficient (Wildman–Crippen LogP) is 20.3. The van der Waals surface area contributed by atoms with Crippen LogP contribution in [-0.2, 0) is 42.7 Å². The van der Waals surface area contributed by atoms with Crippen molar-refractivity contribution in [1.82, 2.24) is 19.9 Å². The van der Waals surface area contributed by atoms with Crippen LogP contribution in [-0.4, -0.2) is 19.9 Å². The van der Waals surface area contributed by atoms with Crippen LogP contribution >= 0.6 is 0 Å². The third kappa shape index (κ3) is 9.21. The number of benzene rings is 8. The van der Waals surface area contributed by atoms with E-state index in [1.54, 1.807) is 0 Å². The Bertz CT molecular complexity index is 4360. The van der Waals surface area contributed by atoms with Gasteiger partial charge in [-0.15, -0.1) is 47.0 Å². The van der Waals surface area contributed by atoms with Crippen molar-refractivity contribution < 1.29 is 21.1 Å². The number of para-hydroxylation sites is 4. The number of anilines is 12. The van der Waals surface area contributed by atoms with Crippen molar-refractivity contribution in [3.63, 3.8) is 0 Å². The summed E-state index contributed by atoms with van der Waals surface area (Å²) in [6, 6.07) is 89.4. The van der Waals surface area contributed by atoms with Gasteiger partial charge in [0.25, 0.3) is 0 Å². The Morgan fingerprint density at radius 3 is 1.24 bits per heavy atom. The van der Waals surface area contributed by atoms with E-state index in [-0.39, 0.29) is 42.7 Å². The Morgan fingerprint density at radius 1 is 0.292 bits per heavy atom. The topological polar surface area (TPSA) is 64.5 Å². The number of hydrogen-bond acceptors (Lipinski definition) is 8. The molecular weight excluding hydrogens is 1270 g/mol. The normalized spacial score (nSPS) is 15.4. The van der Waals surface area contributed by atoms with Gasteiger partial charge in [0.15, 0.2) is 0 Å². The molecule has 4 aliphatic heterocycles. The number of nitrogens with zero attached hydrogens (tertiary/aromatic N) is 8. The van der Waals surface area contributed by atoms with Crippen LogP contribution in [0.15, 0.2) is 255 Å². The van der Waals surface area contributed by atoms with Crippen LogP contribution in [0.1, 0.15) is 99.9 Å². The molecule has 436 valence electrons. The quantitative estimate of drug-likeness (QED) is 0.153. The number of aromatic nitrogens is 4. The Kier molecular flexibility index (Phi) is 14.0. The van der Waals surface area contributed by atoms with Crippen molar-refractivity contribution in [2.75, 3.05) is 19.6 Å². The van der Waals surface area contributed by atoms with Gasteiger partial charge in [0.1, 0.15) is 11.6 Å². The molecule has 12 aromatic rings. The molecule has 0 bridgehead atoms. The average molecular weight is 1330 g/mol. The first-order valence-corrected chi connectivity index (χ1v) is 30.4. The third-order valence-corrected chi connectivity index (χ3v) is 18.8. The second-order valence-electron chi connectivity index (χ2n) is 25.4. The zero-order valence-electron chi connectivity index (χ0n) is 51.1. The van der Waals surface area contributed by atoms with E-state index in [2.05, 4.69) is 279 Å². The summed E-state index contributed by atoms with van der Waals surface area (Å²) in [5, 5.41) is 0. The summed E-state index contributed by atoms with van der Waals surface area (Å²) in [6.07, 6.45) is 7.42. The van der Waals surface area contributed by atoms with Crippen LogP contribution in [0.25, 0.3) is 22.5 Å². The standard InChI is InChI=1S/C40H34N4.C40H32N4.Pt/c2*1-39(2)29-16-5-7-19-34(29)43(28-15-13-14-27(24-28)33-18-9-11-22-41-33)36-26-37-32(25-31(36)39)40(3,4)30-17-6-8-20-35(30)44(37)38-21-10-12-23-42-38;/h5-26H,1-4H3;5-23,25H,1-4H3;/q;-2;+2. The zero-order valence-corrected chi connectivity index (χ0v) is 53.4. The van der Waals surface area contributed by atoms with Gasteiger partial charge in [0, 0.05) is 58.2 Å². The Hall–Kier alpha value is -9.75. The van der Waals surface area contributed by atoms with Crippen molar-refractivity contribution in [2.24, 2.45) is 0 Å². The molecule has 16 rings (SSSR count). The molecule has 0 N–H and O–H groups in total. The first kappa shape index (κ1) is 57.0. The fourth-order valence-electron chi connectivity index (χ4n) is 14.2. The average Bonchev–Trinajstić information content (AvgIpc) is 0.928. The Morgan fingerprint density at radius 2 is 0.708 bits per heavy atom. The first-order valence-electron chi connectivity index (χ1n) is 30.4. The number of fused-ring (bicyclic) bond motifs is 8. The smallest absolute Gasteiger partial charge is 0.352 e. The largest absolute Gasteiger partial charge is 2.00 e. The molecule has 4 aliphatic rings. The van der Waals surface area contributed by atoms with Crippen molar-refractivity contribution in [3.05, 3.63) is 312 Å². The maximum Gasteiger partial charge on any atom is 2.00 e. The first-order chi connectivity index (χ1) is 42.7. The van der Waals surface area contributed by atoms with E-state index < -0.39 is 0 Å². The van der Waals surface area contributed by atoms with E-state index in [4.69, 9.17) is 9.97 Å². The second-order valence-corrected chi connectivity index (χ2v) is 25.4. The maximum absolute atomic E-state index is 4.85. The van der Waals surface area contributed by atoms with Gasteiger partial charge in [-0.25, -0.2) is 9.97 Å². The van der Waals surface area contributed by atoms with Gasteiger partial charge in [0.2, 0.25) is 0 Å². The number of rotatable bonds is 6. The Labute approximate surface area is 537 Å². The fraction of sp³-hybridized carbons (Fsp3) is 0.150. The molecule has 0 aliphatic carbocycles. The van der Waals surface area contributed by atoms with Gasteiger partial charge >= 0.3 is 21.1 Å². The van der Waals surface area contributed by atoms with E-state index in [0.717, 1.165) is 74.0 Å². The van der Waals surface area contributed by atoms with Crippen LogP contribution in [0.3, 0.4) is 0 Å². The summed E-state index contributed by atoms with van der Waals surface area (Å²) in [6.45, 7) is 18.7. The monoisotopic (exact) mass is 1330 g/mol. The van der Waals surface area contributed by atoms with E-state index in [1.807, 2.05) is 73.3 Å². The fourth-order valence-corrected chi connectivity index (χ4v) is 14.2. The minimum absolute atomic E-state index is 0. The maximum atomic E-state index is 4.85. The molecule has 0 atom stereocenters. The summed E-state index contributed by atoms with van der Waals surface area (Å²) in [4.78, 5) is 28.3. The predicted molar refractivity (Wildman–Crippen MR) is 360 cm³/mol.